The zero-order chi connectivity index (χ0) is 17.9. The number of hydrogen-bond donors (Lipinski definition) is 0. The zero-order valence-electron chi connectivity index (χ0n) is 13.8. The van der Waals surface area contributed by atoms with Crippen LogP contribution in [-0.2, 0) is 6.54 Å². The van der Waals surface area contributed by atoms with Crippen LogP contribution in [0.15, 0.2) is 34.9 Å². The molecule has 0 bridgehead atoms. The highest BCUT2D eigenvalue weighted by Gasteiger charge is 2.31. The first kappa shape index (κ1) is 17.6. The van der Waals surface area contributed by atoms with Crippen LogP contribution in [0, 0.1) is 6.92 Å². The molecule has 0 amide bonds. The van der Waals surface area contributed by atoms with Gasteiger partial charge < -0.3 is 14.0 Å². The van der Waals surface area contributed by atoms with Gasteiger partial charge >= 0.3 is 6.36 Å². The number of hydrogen-bond acceptors (Lipinski definition) is 5. The van der Waals surface area contributed by atoms with E-state index in [2.05, 4.69) is 14.8 Å². The third kappa shape index (κ3) is 5.38. The van der Waals surface area contributed by atoms with Crippen LogP contribution in [0.4, 0.5) is 13.2 Å². The van der Waals surface area contributed by atoms with Gasteiger partial charge in [-0.3, -0.25) is 4.90 Å². The molecular formula is C17H19F3N2O3. The van der Waals surface area contributed by atoms with Crippen LogP contribution in [0.25, 0.3) is 0 Å². The number of halogens is 3. The van der Waals surface area contributed by atoms with Gasteiger partial charge in [-0.05, 0) is 44.0 Å². The van der Waals surface area contributed by atoms with E-state index in [1.807, 2.05) is 13.0 Å². The molecule has 2 aromatic rings. The number of aryl methyl sites for hydroxylation is 1. The Morgan fingerprint density at radius 1 is 1.16 bits per heavy atom. The number of likely N-dealkylation sites (tertiary alicyclic amines) is 1. The lowest BCUT2D eigenvalue weighted by Crippen LogP contribution is -2.37. The van der Waals surface area contributed by atoms with Gasteiger partial charge in [-0.15, -0.1) is 13.2 Å². The quantitative estimate of drug-likeness (QED) is 0.813. The fourth-order valence-corrected chi connectivity index (χ4v) is 2.82. The van der Waals surface area contributed by atoms with Gasteiger partial charge in [0.1, 0.15) is 23.4 Å². The summed E-state index contributed by atoms with van der Waals surface area (Å²) < 4.78 is 51.2. The molecule has 1 aromatic carbocycles. The summed E-state index contributed by atoms with van der Waals surface area (Å²) in [6.07, 6.45) is -2.95. The second-order valence-electron chi connectivity index (χ2n) is 6.04. The Morgan fingerprint density at radius 2 is 1.80 bits per heavy atom. The largest absolute Gasteiger partial charge is 0.573 e. The molecule has 0 atom stereocenters. The second-order valence-corrected chi connectivity index (χ2v) is 6.04. The Kier molecular flexibility index (Phi) is 5.17. The number of piperidine rings is 1. The Hall–Kier alpha value is -2.22. The third-order valence-electron chi connectivity index (χ3n) is 3.96. The van der Waals surface area contributed by atoms with Gasteiger partial charge in [-0.2, -0.15) is 0 Å². The van der Waals surface area contributed by atoms with E-state index in [9.17, 15) is 13.2 Å². The highest BCUT2D eigenvalue weighted by molar-refractivity contribution is 5.31. The fourth-order valence-electron chi connectivity index (χ4n) is 2.82. The molecule has 1 aliphatic heterocycles. The van der Waals surface area contributed by atoms with Crippen LogP contribution in [0.5, 0.6) is 11.5 Å². The summed E-state index contributed by atoms with van der Waals surface area (Å²) in [6, 6.07) is 7.42. The van der Waals surface area contributed by atoms with Crippen molar-refractivity contribution in [1.82, 2.24) is 10.1 Å². The molecule has 1 saturated heterocycles. The number of benzene rings is 1. The molecule has 0 unspecified atom stereocenters. The monoisotopic (exact) mass is 356 g/mol. The van der Waals surface area contributed by atoms with Crippen LogP contribution in [-0.4, -0.2) is 35.6 Å². The minimum absolute atomic E-state index is 0.0460. The summed E-state index contributed by atoms with van der Waals surface area (Å²) in [5, 5.41) is 3.99. The number of alkyl halides is 3. The summed E-state index contributed by atoms with van der Waals surface area (Å²) in [6.45, 7) is 4.34. The SMILES string of the molecule is Cc1cc(CN2CCC(Oc3ccc(OC(F)(F)F)cc3)CC2)no1. The minimum atomic E-state index is -4.68. The second kappa shape index (κ2) is 7.35. The van der Waals surface area contributed by atoms with Gasteiger partial charge in [-0.1, -0.05) is 5.16 Å². The molecule has 1 aromatic heterocycles. The van der Waals surface area contributed by atoms with Crippen molar-refractivity contribution >= 4 is 0 Å². The van der Waals surface area contributed by atoms with Gasteiger partial charge in [0.05, 0.1) is 5.69 Å². The smallest absolute Gasteiger partial charge is 0.490 e. The van der Waals surface area contributed by atoms with E-state index in [-0.39, 0.29) is 11.9 Å². The average Bonchev–Trinajstić information content (AvgIpc) is 2.95. The molecule has 0 saturated carbocycles. The van der Waals surface area contributed by atoms with Crippen LogP contribution >= 0.6 is 0 Å². The molecule has 0 radical (unpaired) electrons. The van der Waals surface area contributed by atoms with E-state index >= 15 is 0 Å². The molecular weight excluding hydrogens is 337 g/mol. The van der Waals surface area contributed by atoms with Crippen molar-refractivity contribution in [2.75, 3.05) is 13.1 Å². The standard InChI is InChI=1S/C17H19F3N2O3/c1-12-10-13(21-25-12)11-22-8-6-15(7-9-22)23-14-2-4-16(5-3-14)24-17(18,19)20/h2-5,10,15H,6-9,11H2,1H3. The number of nitrogens with zero attached hydrogens (tertiary/aromatic N) is 2. The molecule has 2 heterocycles. The maximum atomic E-state index is 12.1. The molecule has 1 fully saturated rings. The third-order valence-corrected chi connectivity index (χ3v) is 3.96. The highest BCUT2D eigenvalue weighted by Crippen LogP contribution is 2.26. The van der Waals surface area contributed by atoms with Crippen molar-refractivity contribution in [3.63, 3.8) is 0 Å². The van der Waals surface area contributed by atoms with Crippen molar-refractivity contribution in [1.29, 1.82) is 0 Å². The van der Waals surface area contributed by atoms with E-state index in [0.29, 0.717) is 5.75 Å². The Labute approximate surface area is 143 Å². The van der Waals surface area contributed by atoms with Crippen molar-refractivity contribution < 1.29 is 27.2 Å². The van der Waals surface area contributed by atoms with E-state index < -0.39 is 6.36 Å². The number of rotatable bonds is 5. The lowest BCUT2D eigenvalue weighted by molar-refractivity contribution is -0.274. The van der Waals surface area contributed by atoms with Crippen molar-refractivity contribution in [3.8, 4) is 11.5 Å². The molecule has 136 valence electrons. The van der Waals surface area contributed by atoms with Crippen LogP contribution in [0.1, 0.15) is 24.3 Å². The topological polar surface area (TPSA) is 47.7 Å². The molecule has 5 nitrogen and oxygen atoms in total. The van der Waals surface area contributed by atoms with Gasteiger partial charge in [-0.25, -0.2) is 0 Å². The molecule has 0 spiro atoms. The summed E-state index contributed by atoms with van der Waals surface area (Å²) in [5.41, 5.74) is 0.914. The van der Waals surface area contributed by atoms with Crippen molar-refractivity contribution in [2.24, 2.45) is 0 Å². The van der Waals surface area contributed by atoms with Crippen molar-refractivity contribution in [3.05, 3.63) is 41.8 Å². The average molecular weight is 356 g/mol. The summed E-state index contributed by atoms with van der Waals surface area (Å²) >= 11 is 0. The Morgan fingerprint density at radius 3 is 2.36 bits per heavy atom. The molecule has 25 heavy (non-hydrogen) atoms. The maximum Gasteiger partial charge on any atom is 0.573 e. The van der Waals surface area contributed by atoms with Crippen LogP contribution in [0.2, 0.25) is 0 Å². The lowest BCUT2D eigenvalue weighted by atomic mass is 10.1. The molecule has 3 rings (SSSR count). The first-order valence-electron chi connectivity index (χ1n) is 8.04. The van der Waals surface area contributed by atoms with Crippen molar-refractivity contribution in [2.45, 2.75) is 38.8 Å². The fraction of sp³-hybridized carbons (Fsp3) is 0.471. The van der Waals surface area contributed by atoms with Gasteiger partial charge in [0.15, 0.2) is 0 Å². The summed E-state index contributed by atoms with van der Waals surface area (Å²) in [4.78, 5) is 2.28. The number of ether oxygens (including phenoxy) is 2. The van der Waals surface area contributed by atoms with E-state index in [1.165, 1.54) is 24.3 Å². The van der Waals surface area contributed by atoms with E-state index in [0.717, 1.165) is 43.9 Å². The molecule has 1 aliphatic rings. The summed E-state index contributed by atoms with van der Waals surface area (Å²) in [7, 11) is 0. The van der Waals surface area contributed by atoms with Crippen LogP contribution in [0.3, 0.4) is 0 Å². The molecule has 0 N–H and O–H groups in total. The van der Waals surface area contributed by atoms with Crippen LogP contribution < -0.4 is 9.47 Å². The first-order valence-corrected chi connectivity index (χ1v) is 8.04. The van der Waals surface area contributed by atoms with Gasteiger partial charge in [0, 0.05) is 25.7 Å². The zero-order valence-corrected chi connectivity index (χ0v) is 13.8. The predicted octanol–water partition coefficient (Wildman–Crippen LogP) is 3.93. The van der Waals surface area contributed by atoms with Gasteiger partial charge in [0.25, 0.3) is 0 Å². The predicted molar refractivity (Wildman–Crippen MR) is 83.3 cm³/mol. The Balaban J connectivity index is 1.45. The number of aromatic nitrogens is 1. The lowest BCUT2D eigenvalue weighted by Gasteiger charge is -2.31. The van der Waals surface area contributed by atoms with E-state index in [1.54, 1.807) is 0 Å². The van der Waals surface area contributed by atoms with Gasteiger partial charge in [0.2, 0.25) is 0 Å². The Bertz CT molecular complexity index is 677. The molecule has 8 heteroatoms. The van der Waals surface area contributed by atoms with E-state index in [4.69, 9.17) is 9.26 Å². The highest BCUT2D eigenvalue weighted by atomic mass is 19.4. The maximum absolute atomic E-state index is 12.1. The first-order chi connectivity index (χ1) is 11.9. The molecule has 0 aliphatic carbocycles. The summed E-state index contributed by atoms with van der Waals surface area (Å²) in [5.74, 6) is 1.09. The minimum Gasteiger partial charge on any atom is -0.490 e. The normalized spacial score (nSPS) is 16.8.